The van der Waals surface area contributed by atoms with Crippen LogP contribution in [-0.4, -0.2) is 17.8 Å². The molecule has 1 saturated carbocycles. The van der Waals surface area contributed by atoms with E-state index in [1.807, 2.05) is 0 Å². The number of benzene rings is 1. The van der Waals surface area contributed by atoms with Crippen molar-refractivity contribution in [1.29, 1.82) is 0 Å². The lowest BCUT2D eigenvalue weighted by molar-refractivity contribution is 0.0665. The molecule has 2 rings (SSSR count). The summed E-state index contributed by atoms with van der Waals surface area (Å²) in [5, 5.41) is 10.6. The normalized spacial score (nSPS) is 27.1. The molecule has 4 unspecified atom stereocenters. The van der Waals surface area contributed by atoms with Gasteiger partial charge < -0.3 is 10.8 Å². The van der Waals surface area contributed by atoms with Crippen LogP contribution in [0.4, 0.5) is 0 Å². The predicted molar refractivity (Wildman–Crippen MR) is 75.5 cm³/mol. The molecule has 0 aliphatic heterocycles. The number of aryl methyl sites for hydroxylation is 1. The zero-order chi connectivity index (χ0) is 13.1. The first-order valence-corrected chi connectivity index (χ1v) is 7.08. The third kappa shape index (κ3) is 2.76. The first-order chi connectivity index (χ1) is 8.63. The van der Waals surface area contributed by atoms with Crippen LogP contribution >= 0.6 is 0 Å². The topological polar surface area (TPSA) is 46.2 Å². The maximum atomic E-state index is 10.6. The van der Waals surface area contributed by atoms with Crippen molar-refractivity contribution in [2.24, 2.45) is 17.6 Å². The van der Waals surface area contributed by atoms with Gasteiger partial charge in [0.15, 0.2) is 0 Å². The Kier molecular flexibility index (Phi) is 4.41. The molecule has 1 aromatic rings. The summed E-state index contributed by atoms with van der Waals surface area (Å²) in [5.74, 6) is 1.12. The molecule has 1 aliphatic rings. The van der Waals surface area contributed by atoms with Gasteiger partial charge in [0.25, 0.3) is 0 Å². The monoisotopic (exact) mass is 247 g/mol. The van der Waals surface area contributed by atoms with E-state index in [1.54, 1.807) is 0 Å². The van der Waals surface area contributed by atoms with E-state index in [-0.39, 0.29) is 12.0 Å². The predicted octanol–water partition coefficient (Wildman–Crippen LogP) is 2.83. The van der Waals surface area contributed by atoms with Crippen molar-refractivity contribution in [3.8, 4) is 0 Å². The van der Waals surface area contributed by atoms with Gasteiger partial charge in [-0.25, -0.2) is 0 Å². The second kappa shape index (κ2) is 5.85. The Morgan fingerprint density at radius 3 is 2.72 bits per heavy atom. The third-order valence-corrected chi connectivity index (χ3v) is 4.50. The summed E-state index contributed by atoms with van der Waals surface area (Å²) < 4.78 is 0. The molecule has 1 aliphatic carbocycles. The van der Waals surface area contributed by atoms with E-state index in [0.717, 1.165) is 6.42 Å². The Morgan fingerprint density at radius 2 is 2.17 bits per heavy atom. The van der Waals surface area contributed by atoms with Crippen molar-refractivity contribution in [3.05, 3.63) is 35.4 Å². The number of aliphatic hydroxyl groups excluding tert-OH is 1. The zero-order valence-electron chi connectivity index (χ0n) is 11.5. The van der Waals surface area contributed by atoms with Gasteiger partial charge in [-0.2, -0.15) is 0 Å². The van der Waals surface area contributed by atoms with Crippen LogP contribution in [0.2, 0.25) is 0 Å². The maximum Gasteiger partial charge on any atom is 0.0651 e. The van der Waals surface area contributed by atoms with E-state index in [2.05, 4.69) is 38.1 Å². The van der Waals surface area contributed by atoms with E-state index < -0.39 is 0 Å². The molecule has 18 heavy (non-hydrogen) atoms. The molecule has 0 radical (unpaired) electrons. The quantitative estimate of drug-likeness (QED) is 0.859. The van der Waals surface area contributed by atoms with Gasteiger partial charge in [0.1, 0.15) is 0 Å². The molecule has 4 atom stereocenters. The first-order valence-electron chi connectivity index (χ1n) is 7.08. The number of aliphatic hydroxyl groups is 1. The molecule has 2 heteroatoms. The molecular formula is C16H25NO. The van der Waals surface area contributed by atoms with Crippen molar-refractivity contribution in [1.82, 2.24) is 0 Å². The second-order valence-electron chi connectivity index (χ2n) is 5.82. The van der Waals surface area contributed by atoms with Gasteiger partial charge in [-0.05, 0) is 30.7 Å². The standard InChI is InChI=1S/C16H25NO/c1-11-5-3-7-13(9-11)15(10-17)16(18)14-8-4-6-12(14)2/h3,5,7,9,12,14-16,18H,4,6,8,10,17H2,1-2H3. The van der Waals surface area contributed by atoms with Crippen molar-refractivity contribution in [3.63, 3.8) is 0 Å². The van der Waals surface area contributed by atoms with Crippen molar-refractivity contribution >= 4 is 0 Å². The van der Waals surface area contributed by atoms with Gasteiger partial charge in [-0.1, -0.05) is 49.6 Å². The number of hydrogen-bond donors (Lipinski definition) is 2. The molecule has 0 heterocycles. The molecule has 100 valence electrons. The Morgan fingerprint density at radius 1 is 1.39 bits per heavy atom. The first kappa shape index (κ1) is 13.6. The summed E-state index contributed by atoms with van der Waals surface area (Å²) in [7, 11) is 0. The molecule has 0 saturated heterocycles. The van der Waals surface area contributed by atoms with E-state index >= 15 is 0 Å². The number of hydrogen-bond acceptors (Lipinski definition) is 2. The van der Waals surface area contributed by atoms with Gasteiger partial charge in [0, 0.05) is 12.5 Å². The molecule has 1 fully saturated rings. The van der Waals surface area contributed by atoms with E-state index in [1.165, 1.54) is 24.0 Å². The van der Waals surface area contributed by atoms with E-state index in [0.29, 0.717) is 18.4 Å². The molecule has 0 spiro atoms. The fourth-order valence-corrected chi connectivity index (χ4v) is 3.35. The minimum Gasteiger partial charge on any atom is -0.392 e. The highest BCUT2D eigenvalue weighted by Gasteiger charge is 2.34. The molecule has 3 N–H and O–H groups in total. The third-order valence-electron chi connectivity index (χ3n) is 4.50. The molecular weight excluding hydrogens is 222 g/mol. The van der Waals surface area contributed by atoms with Crippen molar-refractivity contribution < 1.29 is 5.11 Å². The van der Waals surface area contributed by atoms with Gasteiger partial charge in [0.2, 0.25) is 0 Å². The van der Waals surface area contributed by atoms with Gasteiger partial charge in [-0.15, -0.1) is 0 Å². The number of rotatable bonds is 4. The highest BCUT2D eigenvalue weighted by atomic mass is 16.3. The van der Waals surface area contributed by atoms with Crippen molar-refractivity contribution in [2.45, 2.75) is 45.1 Å². The SMILES string of the molecule is Cc1cccc(C(CN)C(O)C2CCCC2C)c1. The summed E-state index contributed by atoms with van der Waals surface area (Å²) in [4.78, 5) is 0. The van der Waals surface area contributed by atoms with Crippen LogP contribution in [0.3, 0.4) is 0 Å². The van der Waals surface area contributed by atoms with Crippen LogP contribution in [0.25, 0.3) is 0 Å². The van der Waals surface area contributed by atoms with E-state index in [4.69, 9.17) is 5.73 Å². The molecule has 2 nitrogen and oxygen atoms in total. The van der Waals surface area contributed by atoms with Gasteiger partial charge >= 0.3 is 0 Å². The Labute approximate surface area is 110 Å². The van der Waals surface area contributed by atoms with Crippen LogP contribution in [0.15, 0.2) is 24.3 Å². The fourth-order valence-electron chi connectivity index (χ4n) is 3.35. The smallest absolute Gasteiger partial charge is 0.0651 e. The summed E-state index contributed by atoms with van der Waals surface area (Å²) in [6.45, 7) is 4.86. The average Bonchev–Trinajstić information content (AvgIpc) is 2.76. The zero-order valence-corrected chi connectivity index (χ0v) is 11.5. The Balaban J connectivity index is 2.17. The molecule has 0 bridgehead atoms. The highest BCUT2D eigenvalue weighted by Crippen LogP contribution is 2.38. The van der Waals surface area contributed by atoms with Crippen LogP contribution in [0, 0.1) is 18.8 Å². The van der Waals surface area contributed by atoms with Crippen LogP contribution < -0.4 is 5.73 Å². The van der Waals surface area contributed by atoms with Gasteiger partial charge in [0.05, 0.1) is 6.10 Å². The second-order valence-corrected chi connectivity index (χ2v) is 5.82. The van der Waals surface area contributed by atoms with Crippen LogP contribution in [-0.2, 0) is 0 Å². The average molecular weight is 247 g/mol. The lowest BCUT2D eigenvalue weighted by Gasteiger charge is -2.29. The largest absolute Gasteiger partial charge is 0.392 e. The summed E-state index contributed by atoms with van der Waals surface area (Å²) in [5.41, 5.74) is 8.33. The summed E-state index contributed by atoms with van der Waals surface area (Å²) in [6.07, 6.45) is 3.33. The minimum atomic E-state index is -0.297. The fraction of sp³-hybridized carbons (Fsp3) is 0.625. The lowest BCUT2D eigenvalue weighted by Crippen LogP contribution is -2.33. The summed E-state index contributed by atoms with van der Waals surface area (Å²) in [6, 6.07) is 8.38. The molecule has 0 amide bonds. The van der Waals surface area contributed by atoms with E-state index in [9.17, 15) is 5.11 Å². The maximum absolute atomic E-state index is 10.6. The highest BCUT2D eigenvalue weighted by molar-refractivity contribution is 5.27. The Hall–Kier alpha value is -0.860. The summed E-state index contributed by atoms with van der Waals surface area (Å²) >= 11 is 0. The van der Waals surface area contributed by atoms with Crippen molar-refractivity contribution in [2.75, 3.05) is 6.54 Å². The molecule has 0 aromatic heterocycles. The molecule has 1 aromatic carbocycles. The Bertz CT molecular complexity index is 390. The van der Waals surface area contributed by atoms with Crippen LogP contribution in [0.5, 0.6) is 0 Å². The number of nitrogens with two attached hydrogens (primary N) is 1. The van der Waals surface area contributed by atoms with Crippen LogP contribution in [0.1, 0.15) is 43.2 Å². The van der Waals surface area contributed by atoms with Gasteiger partial charge in [-0.3, -0.25) is 0 Å². The lowest BCUT2D eigenvalue weighted by atomic mass is 9.81. The minimum absolute atomic E-state index is 0.0791.